The molecule has 0 aliphatic heterocycles. The number of hydrogen-bond donors (Lipinski definition) is 3. The zero-order valence-electron chi connectivity index (χ0n) is 13.7. The molecule has 9 heteroatoms. The number of aromatic nitrogens is 1. The van der Waals surface area contributed by atoms with Gasteiger partial charge in [0.2, 0.25) is 0 Å². The summed E-state index contributed by atoms with van der Waals surface area (Å²) in [5, 5.41) is 18.4. The number of phenolic OH excluding ortho intramolecular Hbond substituents is 1. The number of aliphatic imine (C=N–C) groups is 1. The molecule has 1 aromatic heterocycles. The quantitative estimate of drug-likeness (QED) is 0.360. The van der Waals surface area contributed by atoms with Gasteiger partial charge in [0.15, 0.2) is 22.7 Å². The second kappa shape index (κ2) is 9.62. The van der Waals surface area contributed by atoms with Gasteiger partial charge in [-0.2, -0.15) is 0 Å². The van der Waals surface area contributed by atoms with Gasteiger partial charge in [-0.3, -0.25) is 4.99 Å². The molecule has 1 heterocycles. The van der Waals surface area contributed by atoms with Crippen LogP contribution in [0.25, 0.3) is 0 Å². The molecule has 0 unspecified atom stereocenters. The molecule has 0 saturated carbocycles. The molecule has 0 bridgehead atoms. The fourth-order valence-corrected chi connectivity index (χ4v) is 2.58. The number of nitrogens with zero attached hydrogens (tertiary/aromatic N) is 3. The van der Waals surface area contributed by atoms with Gasteiger partial charge in [0.1, 0.15) is 0 Å². The van der Waals surface area contributed by atoms with E-state index in [0.717, 1.165) is 10.8 Å². The van der Waals surface area contributed by atoms with Crippen LogP contribution >= 0.6 is 35.3 Å². The molecule has 0 amide bonds. The van der Waals surface area contributed by atoms with Crippen LogP contribution in [0, 0.1) is 5.82 Å². The van der Waals surface area contributed by atoms with Crippen LogP contribution in [0.15, 0.2) is 28.6 Å². The maximum Gasteiger partial charge on any atom is 0.191 e. The van der Waals surface area contributed by atoms with Crippen LogP contribution in [0.2, 0.25) is 0 Å². The molecule has 0 radical (unpaired) electrons. The Kier molecular flexibility index (Phi) is 8.19. The Morgan fingerprint density at radius 2 is 2.04 bits per heavy atom. The molecule has 24 heavy (non-hydrogen) atoms. The number of nitrogens with one attached hydrogen (secondary N) is 2. The summed E-state index contributed by atoms with van der Waals surface area (Å²) in [5.41, 5.74) is 1.64. The molecular weight excluding hydrogens is 444 g/mol. The first kappa shape index (κ1) is 20.4. The minimum absolute atomic E-state index is 0. The maximum absolute atomic E-state index is 13.3. The molecular formula is C15H21FIN5OS. The molecule has 0 aliphatic carbocycles. The minimum Gasteiger partial charge on any atom is -0.505 e. The topological polar surface area (TPSA) is 72.8 Å². The summed E-state index contributed by atoms with van der Waals surface area (Å²) in [4.78, 5) is 10.6. The molecule has 3 N–H and O–H groups in total. The second-order valence-electron chi connectivity index (χ2n) is 5.08. The Balaban J connectivity index is 0.00000288. The number of aromatic hydroxyl groups is 1. The first-order valence-corrected chi connectivity index (χ1v) is 7.91. The Morgan fingerprint density at radius 3 is 2.62 bits per heavy atom. The van der Waals surface area contributed by atoms with E-state index in [1.54, 1.807) is 24.5 Å². The average Bonchev–Trinajstić information content (AvgIpc) is 3.00. The molecule has 0 atom stereocenters. The van der Waals surface area contributed by atoms with Crippen LogP contribution in [0.1, 0.15) is 11.3 Å². The molecule has 0 spiro atoms. The highest BCUT2D eigenvalue weighted by atomic mass is 127. The third-order valence-electron chi connectivity index (χ3n) is 3.05. The normalized spacial score (nSPS) is 10.9. The van der Waals surface area contributed by atoms with Gasteiger partial charge in [0.25, 0.3) is 0 Å². The van der Waals surface area contributed by atoms with E-state index in [0.29, 0.717) is 24.6 Å². The van der Waals surface area contributed by atoms with Crippen molar-refractivity contribution in [2.24, 2.45) is 4.99 Å². The summed E-state index contributed by atoms with van der Waals surface area (Å²) < 4.78 is 13.3. The van der Waals surface area contributed by atoms with Crippen LogP contribution < -0.4 is 15.5 Å². The molecule has 2 aromatic rings. The van der Waals surface area contributed by atoms with Crippen LogP contribution in [0.3, 0.4) is 0 Å². The molecule has 2 rings (SSSR count). The lowest BCUT2D eigenvalue weighted by Gasteiger charge is -2.11. The lowest BCUT2D eigenvalue weighted by molar-refractivity contribution is 0.431. The number of rotatable bonds is 5. The van der Waals surface area contributed by atoms with E-state index in [9.17, 15) is 9.50 Å². The van der Waals surface area contributed by atoms with Gasteiger partial charge in [0.05, 0.1) is 12.2 Å². The number of guanidine groups is 1. The molecule has 1 aromatic carbocycles. The SMILES string of the molecule is CN=C(NCc1ccc(O)c(F)c1)NCc1csc(N(C)C)n1.I. The van der Waals surface area contributed by atoms with Crippen LogP contribution in [-0.4, -0.2) is 37.2 Å². The summed E-state index contributed by atoms with van der Waals surface area (Å²) in [6, 6.07) is 4.28. The first-order chi connectivity index (χ1) is 11.0. The highest BCUT2D eigenvalue weighted by Crippen LogP contribution is 2.18. The van der Waals surface area contributed by atoms with E-state index in [2.05, 4.69) is 20.6 Å². The molecule has 0 saturated heterocycles. The minimum atomic E-state index is -0.633. The van der Waals surface area contributed by atoms with Crippen molar-refractivity contribution in [3.63, 3.8) is 0 Å². The van der Waals surface area contributed by atoms with Gasteiger partial charge in [0, 0.05) is 33.1 Å². The summed E-state index contributed by atoms with van der Waals surface area (Å²) in [6.07, 6.45) is 0. The van der Waals surface area contributed by atoms with Crippen molar-refractivity contribution in [1.82, 2.24) is 15.6 Å². The van der Waals surface area contributed by atoms with Crippen molar-refractivity contribution in [3.05, 3.63) is 40.7 Å². The Morgan fingerprint density at radius 1 is 1.33 bits per heavy atom. The van der Waals surface area contributed by atoms with Gasteiger partial charge in [-0.15, -0.1) is 35.3 Å². The van der Waals surface area contributed by atoms with E-state index in [1.165, 1.54) is 12.1 Å². The van der Waals surface area contributed by atoms with Gasteiger partial charge < -0.3 is 20.6 Å². The third kappa shape index (κ3) is 5.78. The van der Waals surface area contributed by atoms with E-state index in [1.807, 2.05) is 24.4 Å². The molecule has 132 valence electrons. The summed E-state index contributed by atoms with van der Waals surface area (Å²) in [5.74, 6) is -0.389. The van der Waals surface area contributed by atoms with E-state index >= 15 is 0 Å². The van der Waals surface area contributed by atoms with Crippen molar-refractivity contribution in [2.75, 3.05) is 26.0 Å². The smallest absolute Gasteiger partial charge is 0.191 e. The predicted octanol–water partition coefficient (Wildman–Crippen LogP) is 2.54. The second-order valence-corrected chi connectivity index (χ2v) is 5.92. The zero-order valence-corrected chi connectivity index (χ0v) is 16.9. The van der Waals surface area contributed by atoms with E-state index in [4.69, 9.17) is 0 Å². The number of hydrogen-bond acceptors (Lipinski definition) is 5. The molecule has 6 nitrogen and oxygen atoms in total. The van der Waals surface area contributed by atoms with E-state index in [-0.39, 0.29) is 29.7 Å². The highest BCUT2D eigenvalue weighted by Gasteiger charge is 2.06. The largest absolute Gasteiger partial charge is 0.505 e. The van der Waals surface area contributed by atoms with Gasteiger partial charge >= 0.3 is 0 Å². The van der Waals surface area contributed by atoms with Crippen molar-refractivity contribution in [2.45, 2.75) is 13.1 Å². The van der Waals surface area contributed by atoms with Crippen molar-refractivity contribution >= 4 is 46.4 Å². The lowest BCUT2D eigenvalue weighted by Crippen LogP contribution is -2.36. The summed E-state index contributed by atoms with van der Waals surface area (Å²) >= 11 is 1.58. The van der Waals surface area contributed by atoms with E-state index < -0.39 is 5.82 Å². The van der Waals surface area contributed by atoms with Crippen LogP contribution in [0.4, 0.5) is 9.52 Å². The summed E-state index contributed by atoms with van der Waals surface area (Å²) in [6.45, 7) is 0.949. The van der Waals surface area contributed by atoms with Crippen molar-refractivity contribution in [3.8, 4) is 5.75 Å². The highest BCUT2D eigenvalue weighted by molar-refractivity contribution is 14.0. The van der Waals surface area contributed by atoms with Crippen molar-refractivity contribution < 1.29 is 9.50 Å². The van der Waals surface area contributed by atoms with Gasteiger partial charge in [-0.25, -0.2) is 9.37 Å². The third-order valence-corrected chi connectivity index (χ3v) is 4.11. The molecule has 0 aliphatic rings. The predicted molar refractivity (Wildman–Crippen MR) is 107 cm³/mol. The summed E-state index contributed by atoms with van der Waals surface area (Å²) in [7, 11) is 5.57. The Hall–Kier alpha value is -1.62. The zero-order chi connectivity index (χ0) is 16.8. The van der Waals surface area contributed by atoms with Gasteiger partial charge in [-0.1, -0.05) is 6.07 Å². The Labute approximate surface area is 161 Å². The fourth-order valence-electron chi connectivity index (χ4n) is 1.82. The van der Waals surface area contributed by atoms with Crippen molar-refractivity contribution in [1.29, 1.82) is 0 Å². The number of benzene rings is 1. The van der Waals surface area contributed by atoms with Crippen LogP contribution in [-0.2, 0) is 13.1 Å². The molecule has 0 fully saturated rings. The fraction of sp³-hybridized carbons (Fsp3) is 0.333. The number of phenols is 1. The number of halogens is 2. The monoisotopic (exact) mass is 465 g/mol. The van der Waals surface area contributed by atoms with Gasteiger partial charge in [-0.05, 0) is 17.7 Å². The first-order valence-electron chi connectivity index (χ1n) is 7.03. The lowest BCUT2D eigenvalue weighted by atomic mass is 10.2. The maximum atomic E-state index is 13.3. The Bertz CT molecular complexity index is 692. The number of anilines is 1. The average molecular weight is 465 g/mol. The standard InChI is InChI=1S/C15H20FN5OS.HI/c1-17-14(18-7-10-4-5-13(22)12(16)6-10)19-8-11-9-23-15(20-11)21(2)3;/h4-6,9,22H,7-8H2,1-3H3,(H2,17,18,19);1H. The van der Waals surface area contributed by atoms with Crippen LogP contribution in [0.5, 0.6) is 5.75 Å². The number of thiazole rings is 1.